The highest BCUT2D eigenvalue weighted by Gasteiger charge is 2.20. The summed E-state index contributed by atoms with van der Waals surface area (Å²) in [6.07, 6.45) is 9.98. The first-order chi connectivity index (χ1) is 27.3. The normalized spacial score (nSPS) is 12.4. The van der Waals surface area contributed by atoms with Crippen LogP contribution in [0.25, 0.3) is 22.3 Å². The zero-order valence-corrected chi connectivity index (χ0v) is 33.0. The highest BCUT2D eigenvalue weighted by Crippen LogP contribution is 2.43. The molecule has 0 aromatic heterocycles. The van der Waals surface area contributed by atoms with Gasteiger partial charge in [0.2, 0.25) is 0 Å². The Bertz CT molecular complexity index is 2540. The van der Waals surface area contributed by atoms with E-state index in [1.54, 1.807) is 0 Å². The molecular formula is C54H48N2. The zero-order valence-electron chi connectivity index (χ0n) is 33.0. The van der Waals surface area contributed by atoms with Crippen molar-refractivity contribution in [2.75, 3.05) is 9.80 Å². The third kappa shape index (κ3) is 7.65. The number of benzene rings is 7. The minimum absolute atomic E-state index is 0.859. The monoisotopic (exact) mass is 724 g/mol. The molecule has 8 rings (SSSR count). The maximum Gasteiger partial charge on any atom is 0.0467 e. The molecule has 274 valence electrons. The molecule has 0 N–H and O–H groups in total. The third-order valence-corrected chi connectivity index (χ3v) is 10.8. The fourth-order valence-corrected chi connectivity index (χ4v) is 7.57. The van der Waals surface area contributed by atoms with Crippen LogP contribution in [0.1, 0.15) is 45.4 Å². The molecule has 1 aliphatic carbocycles. The van der Waals surface area contributed by atoms with Gasteiger partial charge < -0.3 is 9.80 Å². The summed E-state index contributed by atoms with van der Waals surface area (Å²) in [4.78, 5) is 4.73. The van der Waals surface area contributed by atoms with Gasteiger partial charge in [-0.05, 0) is 158 Å². The molecule has 0 fully saturated rings. The highest BCUT2D eigenvalue weighted by atomic mass is 15.1. The van der Waals surface area contributed by atoms with Crippen LogP contribution >= 0.6 is 0 Å². The van der Waals surface area contributed by atoms with E-state index in [0.717, 1.165) is 40.5 Å². The summed E-state index contributed by atoms with van der Waals surface area (Å²) >= 11 is 0. The lowest BCUT2D eigenvalue weighted by Gasteiger charge is -2.27. The van der Waals surface area contributed by atoms with Crippen LogP contribution in [0.4, 0.5) is 34.1 Å². The average molecular weight is 725 g/mol. The summed E-state index contributed by atoms with van der Waals surface area (Å²) in [5.41, 5.74) is 20.3. The first-order valence-corrected chi connectivity index (χ1v) is 19.6. The zero-order chi connectivity index (χ0) is 38.6. The Morgan fingerprint density at radius 1 is 0.375 bits per heavy atom. The standard InChI is InChI=1S/C54H48N2/c1-38-21-28-45(29-22-38)55(46-30-23-39(2)24-31-46)48-15-11-13-43(36-48)52-18-9-10-20-54(52)53-19-8-6-7-17-51(53)44-14-12-16-49(37-44)56(47-32-25-40(3)26-33-47)50-34-27-41(4)42(5)35-50/h6,8-37H,7H2,1-5H3. The molecule has 0 radical (unpaired) electrons. The van der Waals surface area contributed by atoms with Gasteiger partial charge in [-0.3, -0.25) is 0 Å². The Balaban J connectivity index is 1.21. The van der Waals surface area contributed by atoms with Crippen molar-refractivity contribution >= 4 is 45.3 Å². The van der Waals surface area contributed by atoms with Crippen molar-refractivity contribution in [2.24, 2.45) is 0 Å². The summed E-state index contributed by atoms with van der Waals surface area (Å²) in [5.74, 6) is 0. The Morgan fingerprint density at radius 3 is 1.43 bits per heavy atom. The number of nitrogens with zero attached hydrogens (tertiary/aromatic N) is 2. The van der Waals surface area contributed by atoms with Crippen LogP contribution < -0.4 is 9.80 Å². The smallest absolute Gasteiger partial charge is 0.0467 e. The second-order valence-electron chi connectivity index (χ2n) is 15.0. The quantitative estimate of drug-likeness (QED) is 0.146. The van der Waals surface area contributed by atoms with E-state index in [4.69, 9.17) is 0 Å². The molecular weight excluding hydrogens is 677 g/mol. The van der Waals surface area contributed by atoms with Crippen molar-refractivity contribution in [3.63, 3.8) is 0 Å². The van der Waals surface area contributed by atoms with E-state index < -0.39 is 0 Å². The summed E-state index contributed by atoms with van der Waals surface area (Å²) in [7, 11) is 0. The van der Waals surface area contributed by atoms with Gasteiger partial charge in [-0.15, -0.1) is 0 Å². The topological polar surface area (TPSA) is 6.48 Å². The lowest BCUT2D eigenvalue weighted by Crippen LogP contribution is -2.10. The van der Waals surface area contributed by atoms with Gasteiger partial charge in [-0.2, -0.15) is 0 Å². The van der Waals surface area contributed by atoms with Gasteiger partial charge in [0.05, 0.1) is 0 Å². The van der Waals surface area contributed by atoms with Crippen molar-refractivity contribution in [2.45, 2.75) is 41.0 Å². The van der Waals surface area contributed by atoms with Crippen molar-refractivity contribution < 1.29 is 0 Å². The Hall–Kier alpha value is -6.64. The van der Waals surface area contributed by atoms with E-state index in [-0.39, 0.29) is 0 Å². The minimum atomic E-state index is 0.859. The molecule has 7 aromatic carbocycles. The van der Waals surface area contributed by atoms with Crippen LogP contribution in [-0.4, -0.2) is 0 Å². The van der Waals surface area contributed by atoms with Gasteiger partial charge in [0, 0.05) is 34.1 Å². The van der Waals surface area contributed by atoms with E-state index in [1.807, 2.05) is 0 Å². The van der Waals surface area contributed by atoms with Gasteiger partial charge in [0.15, 0.2) is 0 Å². The third-order valence-electron chi connectivity index (χ3n) is 10.8. The summed E-state index contributed by atoms with van der Waals surface area (Å²) in [5, 5.41) is 0. The molecule has 7 aromatic rings. The lowest BCUT2D eigenvalue weighted by molar-refractivity contribution is 1.24. The Kier molecular flexibility index (Phi) is 10.4. The van der Waals surface area contributed by atoms with E-state index in [1.165, 1.54) is 61.2 Å². The SMILES string of the molecule is Cc1ccc(N(c2ccc(C)cc2)c2cccc(-c3ccccc3C3=CC=CCC=C3c3cccc(N(c4ccc(C)cc4)c4ccc(C)c(C)c4)c3)c2)cc1. The number of aryl methyl sites for hydroxylation is 5. The molecule has 1 aliphatic rings. The predicted molar refractivity (Wildman–Crippen MR) is 241 cm³/mol. The van der Waals surface area contributed by atoms with Crippen LogP contribution in [0.5, 0.6) is 0 Å². The fraction of sp³-hybridized carbons (Fsp3) is 0.111. The summed E-state index contributed by atoms with van der Waals surface area (Å²) in [6.45, 7) is 10.8. The minimum Gasteiger partial charge on any atom is -0.310 e. The van der Waals surface area contributed by atoms with Crippen molar-refractivity contribution in [3.8, 4) is 11.1 Å². The maximum atomic E-state index is 2.38. The Labute approximate surface area is 333 Å². The molecule has 0 bridgehead atoms. The van der Waals surface area contributed by atoms with E-state index >= 15 is 0 Å². The molecule has 0 aliphatic heterocycles. The van der Waals surface area contributed by atoms with E-state index in [9.17, 15) is 0 Å². The van der Waals surface area contributed by atoms with Gasteiger partial charge in [0.1, 0.15) is 0 Å². The number of hydrogen-bond acceptors (Lipinski definition) is 2. The number of rotatable bonds is 9. The number of hydrogen-bond donors (Lipinski definition) is 0. The van der Waals surface area contributed by atoms with Crippen LogP contribution in [0.15, 0.2) is 188 Å². The molecule has 0 amide bonds. The molecule has 0 atom stereocenters. The van der Waals surface area contributed by atoms with Crippen molar-refractivity contribution in [1.29, 1.82) is 0 Å². The van der Waals surface area contributed by atoms with E-state index in [2.05, 4.69) is 233 Å². The first kappa shape index (κ1) is 36.3. The molecule has 2 heteroatoms. The molecule has 0 spiro atoms. The lowest BCUT2D eigenvalue weighted by atomic mass is 9.87. The Morgan fingerprint density at radius 2 is 0.857 bits per heavy atom. The second-order valence-corrected chi connectivity index (χ2v) is 15.0. The van der Waals surface area contributed by atoms with Gasteiger partial charge in [-0.1, -0.05) is 132 Å². The van der Waals surface area contributed by atoms with Crippen molar-refractivity contribution in [3.05, 3.63) is 227 Å². The largest absolute Gasteiger partial charge is 0.310 e. The molecule has 2 nitrogen and oxygen atoms in total. The number of allylic oxidation sites excluding steroid dienone is 6. The maximum absolute atomic E-state index is 2.38. The van der Waals surface area contributed by atoms with Gasteiger partial charge in [0.25, 0.3) is 0 Å². The molecule has 0 saturated carbocycles. The molecule has 0 saturated heterocycles. The van der Waals surface area contributed by atoms with Gasteiger partial charge >= 0.3 is 0 Å². The first-order valence-electron chi connectivity index (χ1n) is 19.6. The van der Waals surface area contributed by atoms with E-state index in [0.29, 0.717) is 0 Å². The van der Waals surface area contributed by atoms with Crippen LogP contribution in [0, 0.1) is 34.6 Å². The molecule has 0 heterocycles. The molecule has 0 unspecified atom stereocenters. The van der Waals surface area contributed by atoms with Crippen LogP contribution in [-0.2, 0) is 0 Å². The fourth-order valence-electron chi connectivity index (χ4n) is 7.57. The summed E-state index contributed by atoms with van der Waals surface area (Å²) < 4.78 is 0. The summed E-state index contributed by atoms with van der Waals surface area (Å²) in [6, 6.07) is 60.0. The average Bonchev–Trinajstić information content (AvgIpc) is 3.48. The number of anilines is 6. The second kappa shape index (κ2) is 16.0. The van der Waals surface area contributed by atoms with Crippen LogP contribution in [0.3, 0.4) is 0 Å². The highest BCUT2D eigenvalue weighted by molar-refractivity contribution is 6.09. The molecule has 56 heavy (non-hydrogen) atoms. The predicted octanol–water partition coefficient (Wildman–Crippen LogP) is 15.3. The van der Waals surface area contributed by atoms with Gasteiger partial charge in [-0.25, -0.2) is 0 Å². The van der Waals surface area contributed by atoms with Crippen molar-refractivity contribution in [1.82, 2.24) is 0 Å². The van der Waals surface area contributed by atoms with Crippen LogP contribution in [0.2, 0.25) is 0 Å².